The van der Waals surface area contributed by atoms with Crippen LogP contribution in [0.2, 0.25) is 5.02 Å². The smallest absolute Gasteiger partial charge is 0.244 e. The first-order valence-electron chi connectivity index (χ1n) is 10.9. The molecule has 1 amide bonds. The second kappa shape index (κ2) is 9.28. The van der Waals surface area contributed by atoms with Crippen molar-refractivity contribution >= 4 is 23.5 Å². The van der Waals surface area contributed by atoms with Crippen LogP contribution in [-0.2, 0) is 11.3 Å². The number of carbonyl (C=O) groups is 1. The predicted molar refractivity (Wildman–Crippen MR) is 127 cm³/mol. The van der Waals surface area contributed by atoms with Crippen molar-refractivity contribution in [3.05, 3.63) is 58.6 Å². The molecule has 0 radical (unpaired) electrons. The van der Waals surface area contributed by atoms with Crippen molar-refractivity contribution in [1.82, 2.24) is 24.6 Å². The molecular formula is C24H29ClN6O. The Morgan fingerprint density at radius 3 is 2.62 bits per heavy atom. The highest BCUT2D eigenvalue weighted by Gasteiger charge is 2.28. The van der Waals surface area contributed by atoms with Gasteiger partial charge in [0, 0.05) is 55.6 Å². The monoisotopic (exact) mass is 452 g/mol. The van der Waals surface area contributed by atoms with E-state index in [1.54, 1.807) is 4.68 Å². The Bertz CT molecular complexity index is 1110. The number of piperidine rings is 1. The van der Waals surface area contributed by atoms with Crippen molar-refractivity contribution in [2.45, 2.75) is 39.2 Å². The molecule has 8 heteroatoms. The van der Waals surface area contributed by atoms with E-state index in [4.69, 9.17) is 16.6 Å². The molecule has 7 nitrogen and oxygen atoms in total. The average molecular weight is 453 g/mol. The Kier molecular flexibility index (Phi) is 6.46. The third kappa shape index (κ3) is 4.78. The number of hydrogen-bond acceptors (Lipinski definition) is 5. The molecule has 1 fully saturated rings. The molecular weight excluding hydrogens is 424 g/mol. The minimum Gasteiger partial charge on any atom is -0.347 e. The van der Waals surface area contributed by atoms with E-state index in [9.17, 15) is 4.79 Å². The molecule has 1 aliphatic heterocycles. The summed E-state index contributed by atoms with van der Waals surface area (Å²) in [5.74, 6) is 0.903. The maximum Gasteiger partial charge on any atom is 0.244 e. The molecule has 0 bridgehead atoms. The molecule has 168 valence electrons. The van der Waals surface area contributed by atoms with Crippen LogP contribution in [-0.4, -0.2) is 57.7 Å². The first kappa shape index (κ1) is 22.3. The summed E-state index contributed by atoms with van der Waals surface area (Å²) in [6.07, 6.45) is 3.81. The van der Waals surface area contributed by atoms with Crippen LogP contribution in [0.5, 0.6) is 0 Å². The Balaban J connectivity index is 1.61. The van der Waals surface area contributed by atoms with Gasteiger partial charge in [-0.3, -0.25) is 9.48 Å². The minimum atomic E-state index is 0.0934. The van der Waals surface area contributed by atoms with E-state index in [-0.39, 0.29) is 18.4 Å². The van der Waals surface area contributed by atoms with Gasteiger partial charge in [0.05, 0.1) is 11.4 Å². The fraction of sp³-hybridized carbons (Fsp3) is 0.417. The van der Waals surface area contributed by atoms with Gasteiger partial charge in [0.2, 0.25) is 11.9 Å². The summed E-state index contributed by atoms with van der Waals surface area (Å²) in [6, 6.07) is 9.74. The van der Waals surface area contributed by atoms with Crippen molar-refractivity contribution in [2.75, 3.05) is 32.1 Å². The first-order chi connectivity index (χ1) is 15.3. The lowest BCUT2D eigenvalue weighted by atomic mass is 9.90. The van der Waals surface area contributed by atoms with Gasteiger partial charge in [0.15, 0.2) is 0 Å². The molecule has 4 rings (SSSR count). The molecule has 2 aromatic heterocycles. The van der Waals surface area contributed by atoms with Gasteiger partial charge in [-0.05, 0) is 50.5 Å². The van der Waals surface area contributed by atoms with Crippen LogP contribution in [0.25, 0.3) is 11.1 Å². The van der Waals surface area contributed by atoms with E-state index < -0.39 is 0 Å². The highest BCUT2D eigenvalue weighted by atomic mass is 35.5. The van der Waals surface area contributed by atoms with Gasteiger partial charge in [-0.15, -0.1) is 0 Å². The first-order valence-corrected chi connectivity index (χ1v) is 11.3. The standard InChI is InChI=1S/C24H29ClN6O/c1-16-12-17(2)31(28-16)15-22(32)30-11-5-6-19(14-30)23-21(13-26-24(27-23)29(3)4)18-7-9-20(25)10-8-18/h7-10,12-13,19H,5-6,11,14-15H2,1-4H3/t19-/m1/s1. The summed E-state index contributed by atoms with van der Waals surface area (Å²) in [7, 11) is 3.87. The van der Waals surface area contributed by atoms with Gasteiger partial charge in [-0.25, -0.2) is 9.97 Å². The number of nitrogens with zero attached hydrogens (tertiary/aromatic N) is 6. The average Bonchev–Trinajstić information content (AvgIpc) is 3.10. The van der Waals surface area contributed by atoms with Crippen LogP contribution in [0, 0.1) is 13.8 Å². The highest BCUT2D eigenvalue weighted by Crippen LogP contribution is 2.34. The van der Waals surface area contributed by atoms with E-state index in [0.29, 0.717) is 17.5 Å². The van der Waals surface area contributed by atoms with E-state index in [2.05, 4.69) is 10.1 Å². The third-order valence-electron chi connectivity index (χ3n) is 5.91. The molecule has 3 heterocycles. The molecule has 0 N–H and O–H groups in total. The summed E-state index contributed by atoms with van der Waals surface area (Å²) < 4.78 is 1.79. The molecule has 0 spiro atoms. The van der Waals surface area contributed by atoms with Gasteiger partial charge in [-0.1, -0.05) is 23.7 Å². The van der Waals surface area contributed by atoms with E-state index >= 15 is 0 Å². The lowest BCUT2D eigenvalue weighted by Gasteiger charge is -2.33. The number of aryl methyl sites for hydroxylation is 2. The molecule has 1 aromatic carbocycles. The fourth-order valence-electron chi connectivity index (χ4n) is 4.25. The zero-order chi connectivity index (χ0) is 22.8. The summed E-state index contributed by atoms with van der Waals surface area (Å²) in [4.78, 5) is 26.4. The summed E-state index contributed by atoms with van der Waals surface area (Å²) in [5, 5.41) is 5.14. The van der Waals surface area contributed by atoms with E-state index in [1.165, 1.54) is 0 Å². The fourth-order valence-corrected chi connectivity index (χ4v) is 4.38. The number of likely N-dealkylation sites (tertiary alicyclic amines) is 1. The molecule has 1 atom stereocenters. The number of halogens is 1. The number of carbonyl (C=O) groups excluding carboxylic acids is 1. The van der Waals surface area contributed by atoms with Gasteiger partial charge in [0.25, 0.3) is 0 Å². The zero-order valence-electron chi connectivity index (χ0n) is 19.0. The van der Waals surface area contributed by atoms with Crippen molar-refractivity contribution in [3.8, 4) is 11.1 Å². The number of benzene rings is 1. The predicted octanol–water partition coefficient (Wildman–Crippen LogP) is 4.08. The molecule has 32 heavy (non-hydrogen) atoms. The minimum absolute atomic E-state index is 0.0934. The van der Waals surface area contributed by atoms with Gasteiger partial charge < -0.3 is 9.80 Å². The van der Waals surface area contributed by atoms with Gasteiger partial charge >= 0.3 is 0 Å². The molecule has 1 aliphatic rings. The normalized spacial score (nSPS) is 16.3. The Labute approximate surface area is 194 Å². The van der Waals surface area contributed by atoms with Gasteiger partial charge in [0.1, 0.15) is 6.54 Å². The Hall–Kier alpha value is -2.93. The van der Waals surface area contributed by atoms with Crippen LogP contribution >= 0.6 is 11.6 Å². The molecule has 3 aromatic rings. The number of hydrogen-bond donors (Lipinski definition) is 0. The Morgan fingerprint density at radius 2 is 1.97 bits per heavy atom. The largest absolute Gasteiger partial charge is 0.347 e. The maximum absolute atomic E-state index is 13.1. The maximum atomic E-state index is 13.1. The summed E-state index contributed by atoms with van der Waals surface area (Å²) >= 11 is 6.10. The molecule has 0 aliphatic carbocycles. The number of rotatable bonds is 5. The molecule has 1 saturated heterocycles. The summed E-state index contributed by atoms with van der Waals surface area (Å²) in [5.41, 5.74) is 4.93. The van der Waals surface area contributed by atoms with Crippen LogP contribution in [0.15, 0.2) is 36.5 Å². The van der Waals surface area contributed by atoms with E-state index in [0.717, 1.165) is 47.6 Å². The number of amides is 1. The van der Waals surface area contributed by atoms with E-state index in [1.807, 2.05) is 74.3 Å². The van der Waals surface area contributed by atoms with Crippen molar-refractivity contribution < 1.29 is 4.79 Å². The van der Waals surface area contributed by atoms with Gasteiger partial charge in [-0.2, -0.15) is 5.10 Å². The lowest BCUT2D eigenvalue weighted by Crippen LogP contribution is -2.41. The topological polar surface area (TPSA) is 67.2 Å². The summed E-state index contributed by atoms with van der Waals surface area (Å²) in [6.45, 7) is 5.59. The second-order valence-electron chi connectivity index (χ2n) is 8.63. The van der Waals surface area contributed by atoms with Crippen molar-refractivity contribution in [3.63, 3.8) is 0 Å². The molecule has 0 saturated carbocycles. The lowest BCUT2D eigenvalue weighted by molar-refractivity contribution is -0.133. The van der Waals surface area contributed by atoms with Crippen molar-refractivity contribution in [2.24, 2.45) is 0 Å². The van der Waals surface area contributed by atoms with Crippen LogP contribution in [0.1, 0.15) is 35.8 Å². The third-order valence-corrected chi connectivity index (χ3v) is 6.16. The van der Waals surface area contributed by atoms with Crippen molar-refractivity contribution in [1.29, 1.82) is 0 Å². The SMILES string of the molecule is Cc1cc(C)n(CC(=O)N2CCC[C@@H](c3nc(N(C)C)ncc3-c3ccc(Cl)cc3)C2)n1. The Morgan fingerprint density at radius 1 is 1.22 bits per heavy atom. The quantitative estimate of drug-likeness (QED) is 0.583. The van der Waals surface area contributed by atoms with Crippen LogP contribution < -0.4 is 4.90 Å². The second-order valence-corrected chi connectivity index (χ2v) is 9.07. The number of aromatic nitrogens is 4. The number of anilines is 1. The zero-order valence-corrected chi connectivity index (χ0v) is 19.8. The van der Waals surface area contributed by atoms with Crippen LogP contribution in [0.3, 0.4) is 0 Å². The molecule has 0 unspecified atom stereocenters. The van der Waals surface area contributed by atoms with Crippen LogP contribution in [0.4, 0.5) is 5.95 Å². The highest BCUT2D eigenvalue weighted by molar-refractivity contribution is 6.30.